The van der Waals surface area contributed by atoms with Crippen molar-refractivity contribution >= 4 is 5.97 Å². The van der Waals surface area contributed by atoms with Crippen LogP contribution in [0.15, 0.2) is 23.6 Å². The van der Waals surface area contributed by atoms with Crippen LogP contribution in [-0.4, -0.2) is 28.1 Å². The average molecular weight is 219 g/mol. The molecule has 0 bridgehead atoms. The van der Waals surface area contributed by atoms with Crippen molar-refractivity contribution < 1.29 is 23.8 Å². The van der Waals surface area contributed by atoms with Crippen LogP contribution >= 0.6 is 0 Å². The van der Waals surface area contributed by atoms with E-state index in [1.165, 1.54) is 0 Å². The van der Waals surface area contributed by atoms with Gasteiger partial charge in [0.1, 0.15) is 11.9 Å². The Balaban J connectivity index is 2.73. The zero-order valence-electron chi connectivity index (χ0n) is 7.78. The maximum Gasteiger partial charge on any atom is 0.320 e. The van der Waals surface area contributed by atoms with E-state index in [-0.39, 0.29) is 12.0 Å². The van der Waals surface area contributed by atoms with Crippen molar-refractivity contribution in [3.8, 4) is 0 Å². The van der Waals surface area contributed by atoms with Crippen molar-refractivity contribution in [2.45, 2.75) is 24.7 Å². The van der Waals surface area contributed by atoms with Gasteiger partial charge in [0.15, 0.2) is 0 Å². The highest BCUT2D eigenvalue weighted by atomic mass is 19.2. The molecule has 6 heteroatoms. The first kappa shape index (κ1) is 11.8. The van der Waals surface area contributed by atoms with Gasteiger partial charge in [-0.3, -0.25) is 4.79 Å². The van der Waals surface area contributed by atoms with Gasteiger partial charge in [0, 0.05) is 6.42 Å². The summed E-state index contributed by atoms with van der Waals surface area (Å²) in [5.74, 6) is -4.83. The molecule has 2 atom stereocenters. The first-order chi connectivity index (χ1) is 6.82. The number of carbonyl (C=O) groups is 1. The molecule has 0 aliphatic heterocycles. The summed E-state index contributed by atoms with van der Waals surface area (Å²) in [5.41, 5.74) is 5.19. The highest BCUT2D eigenvalue weighted by Crippen LogP contribution is 2.30. The molecule has 0 saturated carbocycles. The normalized spacial score (nSPS) is 28.0. The number of alkyl halides is 1. The number of rotatable bonds is 3. The summed E-state index contributed by atoms with van der Waals surface area (Å²) in [6.45, 7) is 0. The number of nitrogens with two attached hydrogens (primary N) is 1. The minimum atomic E-state index is -2.69. The van der Waals surface area contributed by atoms with Gasteiger partial charge in [0.2, 0.25) is 5.85 Å². The fraction of sp³-hybridized carbons (Fsp3) is 0.444. The van der Waals surface area contributed by atoms with E-state index in [0.717, 1.165) is 12.2 Å². The number of halogens is 2. The molecule has 0 radical (unpaired) electrons. The maximum absolute atomic E-state index is 13.1. The fourth-order valence-electron chi connectivity index (χ4n) is 1.21. The van der Waals surface area contributed by atoms with Crippen LogP contribution < -0.4 is 5.73 Å². The first-order valence-corrected chi connectivity index (χ1v) is 4.28. The Hall–Kier alpha value is -1.27. The summed E-state index contributed by atoms with van der Waals surface area (Å²) in [6.07, 6.45) is 0.764. The number of aliphatic carboxylic acids is 1. The lowest BCUT2D eigenvalue weighted by Gasteiger charge is -2.20. The molecule has 1 aliphatic carbocycles. The van der Waals surface area contributed by atoms with E-state index in [1.54, 1.807) is 0 Å². The summed E-state index contributed by atoms with van der Waals surface area (Å²) in [7, 11) is 0. The average Bonchev–Trinajstić information content (AvgIpc) is 2.08. The van der Waals surface area contributed by atoms with Crippen LogP contribution in [0.3, 0.4) is 0 Å². The third kappa shape index (κ3) is 3.10. The van der Waals surface area contributed by atoms with Gasteiger partial charge in [0.05, 0.1) is 6.42 Å². The van der Waals surface area contributed by atoms with Crippen molar-refractivity contribution in [2.75, 3.05) is 0 Å². The Morgan fingerprint density at radius 3 is 2.80 bits per heavy atom. The van der Waals surface area contributed by atoms with Gasteiger partial charge >= 0.3 is 5.97 Å². The van der Waals surface area contributed by atoms with Crippen LogP contribution in [0.4, 0.5) is 8.78 Å². The summed E-state index contributed by atoms with van der Waals surface area (Å²) in [6, 6.07) is -1.23. The second-order valence-corrected chi connectivity index (χ2v) is 3.41. The predicted octanol–water partition coefficient (Wildman–Crippen LogP) is 0.630. The molecule has 0 saturated heterocycles. The van der Waals surface area contributed by atoms with Crippen LogP contribution in [0, 0.1) is 0 Å². The Labute approximate surface area is 84.7 Å². The van der Waals surface area contributed by atoms with Gasteiger partial charge in [-0.2, -0.15) is 0 Å². The molecule has 0 heterocycles. The minimum Gasteiger partial charge on any atom is -0.480 e. The quantitative estimate of drug-likeness (QED) is 0.650. The van der Waals surface area contributed by atoms with Crippen LogP contribution in [0.5, 0.6) is 0 Å². The van der Waals surface area contributed by atoms with E-state index in [4.69, 9.17) is 15.9 Å². The van der Waals surface area contributed by atoms with Crippen molar-refractivity contribution in [1.29, 1.82) is 0 Å². The Morgan fingerprint density at radius 2 is 2.33 bits per heavy atom. The third-order valence-electron chi connectivity index (χ3n) is 2.05. The van der Waals surface area contributed by atoms with Crippen molar-refractivity contribution in [2.24, 2.45) is 5.73 Å². The fourth-order valence-corrected chi connectivity index (χ4v) is 1.21. The molecule has 15 heavy (non-hydrogen) atoms. The molecule has 84 valence electrons. The van der Waals surface area contributed by atoms with Crippen LogP contribution in [-0.2, 0) is 4.79 Å². The van der Waals surface area contributed by atoms with E-state index < -0.39 is 30.1 Å². The number of carboxylic acid groups (broad SMARTS) is 1. The Morgan fingerprint density at radius 1 is 1.73 bits per heavy atom. The molecule has 0 amide bonds. The van der Waals surface area contributed by atoms with Gasteiger partial charge in [-0.05, 0) is 11.6 Å². The van der Waals surface area contributed by atoms with Gasteiger partial charge in [-0.1, -0.05) is 6.08 Å². The van der Waals surface area contributed by atoms with Gasteiger partial charge in [0.25, 0.3) is 0 Å². The molecular formula is C9H11F2NO3. The molecule has 0 spiro atoms. The Bertz CT molecular complexity index is 336. The lowest BCUT2D eigenvalue weighted by molar-refractivity contribution is -0.138. The largest absolute Gasteiger partial charge is 0.480 e. The third-order valence-corrected chi connectivity index (χ3v) is 2.05. The topological polar surface area (TPSA) is 83.5 Å². The molecular weight excluding hydrogens is 208 g/mol. The molecule has 0 aromatic heterocycles. The molecule has 1 rings (SSSR count). The van der Waals surface area contributed by atoms with Crippen molar-refractivity contribution in [1.82, 2.24) is 0 Å². The number of aliphatic hydroxyl groups is 1. The summed E-state index contributed by atoms with van der Waals surface area (Å²) in [5, 5.41) is 17.3. The Kier molecular flexibility index (Phi) is 3.21. The van der Waals surface area contributed by atoms with Crippen LogP contribution in [0.25, 0.3) is 0 Å². The van der Waals surface area contributed by atoms with Gasteiger partial charge in [-0.25, -0.2) is 8.78 Å². The maximum atomic E-state index is 13.1. The number of allylic oxidation sites excluding steroid dienone is 1. The van der Waals surface area contributed by atoms with E-state index >= 15 is 0 Å². The summed E-state index contributed by atoms with van der Waals surface area (Å²) >= 11 is 0. The van der Waals surface area contributed by atoms with Crippen molar-refractivity contribution in [3.63, 3.8) is 0 Å². The molecule has 1 unspecified atom stereocenters. The smallest absolute Gasteiger partial charge is 0.320 e. The minimum absolute atomic E-state index is 0.00669. The first-order valence-electron chi connectivity index (χ1n) is 4.28. The molecule has 0 aromatic carbocycles. The van der Waals surface area contributed by atoms with Crippen LogP contribution in [0.2, 0.25) is 0 Å². The van der Waals surface area contributed by atoms with E-state index in [1.807, 2.05) is 0 Å². The second kappa shape index (κ2) is 4.08. The van der Waals surface area contributed by atoms with Gasteiger partial charge < -0.3 is 15.9 Å². The predicted molar refractivity (Wildman–Crippen MR) is 48.2 cm³/mol. The van der Waals surface area contributed by atoms with Gasteiger partial charge in [-0.15, -0.1) is 0 Å². The summed E-state index contributed by atoms with van der Waals surface area (Å²) in [4.78, 5) is 10.4. The number of hydrogen-bond acceptors (Lipinski definition) is 3. The molecule has 0 fully saturated rings. The lowest BCUT2D eigenvalue weighted by atomic mass is 9.97. The van der Waals surface area contributed by atoms with E-state index in [9.17, 15) is 13.6 Å². The molecule has 4 N–H and O–H groups in total. The van der Waals surface area contributed by atoms with E-state index in [2.05, 4.69) is 0 Å². The molecule has 1 aliphatic rings. The van der Waals surface area contributed by atoms with Crippen LogP contribution in [0.1, 0.15) is 12.8 Å². The highest BCUT2D eigenvalue weighted by Gasteiger charge is 2.30. The highest BCUT2D eigenvalue weighted by molar-refractivity contribution is 5.73. The standard InChI is InChI=1S/C9H11F2NO3/c10-6-4-9(11,15)2-1-5(6)3-7(12)8(13)14/h1-2,7,15H,3-4,12H2,(H,13,14)/t7-,9?/m0/s1. The molecule has 0 aromatic rings. The molecule has 4 nitrogen and oxygen atoms in total. The SMILES string of the molecule is N[C@@H](CC1=C(F)CC(O)(F)C=C1)C(=O)O. The monoisotopic (exact) mass is 219 g/mol. The lowest BCUT2D eigenvalue weighted by Crippen LogP contribution is -2.31. The van der Waals surface area contributed by atoms with Crippen molar-refractivity contribution in [3.05, 3.63) is 23.6 Å². The zero-order chi connectivity index (χ0) is 11.6. The number of carboxylic acids is 1. The zero-order valence-corrected chi connectivity index (χ0v) is 7.78. The summed E-state index contributed by atoms with van der Waals surface area (Å²) < 4.78 is 26.0. The second-order valence-electron chi connectivity index (χ2n) is 3.41. The van der Waals surface area contributed by atoms with E-state index in [0.29, 0.717) is 0 Å². The number of hydrogen-bond donors (Lipinski definition) is 3.